The molecule has 0 aliphatic carbocycles. The topological polar surface area (TPSA) is 81.4 Å². The van der Waals surface area contributed by atoms with Crippen molar-refractivity contribution in [1.82, 2.24) is 4.31 Å². The molecule has 1 aromatic carbocycles. The standard InChI is InChI=1S/C14H18N2O3S/c15-10-12-5-4-7-14(9-12)20(18,19)16-8-3-1-2-6-13(16)11-17/h4-5,7,9,13,17H,1-3,6,8,11H2. The Bertz CT molecular complexity index is 607. The summed E-state index contributed by atoms with van der Waals surface area (Å²) in [6, 6.07) is 7.60. The molecule has 1 N–H and O–H groups in total. The molecule has 0 amide bonds. The summed E-state index contributed by atoms with van der Waals surface area (Å²) in [5.41, 5.74) is 0.321. The molecule has 0 saturated carbocycles. The summed E-state index contributed by atoms with van der Waals surface area (Å²) in [7, 11) is -3.66. The Morgan fingerprint density at radius 2 is 2.15 bits per heavy atom. The second-order valence-corrected chi connectivity index (χ2v) is 6.83. The van der Waals surface area contributed by atoms with Crippen molar-refractivity contribution < 1.29 is 13.5 Å². The maximum atomic E-state index is 12.7. The number of rotatable bonds is 3. The highest BCUT2D eigenvalue weighted by Gasteiger charge is 2.32. The largest absolute Gasteiger partial charge is 0.395 e. The van der Waals surface area contributed by atoms with E-state index in [1.165, 1.54) is 16.4 Å². The van der Waals surface area contributed by atoms with Crippen LogP contribution in [0.2, 0.25) is 0 Å². The van der Waals surface area contributed by atoms with Gasteiger partial charge in [-0.15, -0.1) is 0 Å². The number of aliphatic hydroxyl groups is 1. The monoisotopic (exact) mass is 294 g/mol. The molecule has 5 nitrogen and oxygen atoms in total. The summed E-state index contributed by atoms with van der Waals surface area (Å²) >= 11 is 0. The van der Waals surface area contributed by atoms with Crippen LogP contribution in [0.5, 0.6) is 0 Å². The number of hydrogen-bond donors (Lipinski definition) is 1. The number of benzene rings is 1. The van der Waals surface area contributed by atoms with Crippen LogP contribution < -0.4 is 0 Å². The van der Waals surface area contributed by atoms with Gasteiger partial charge in [0.1, 0.15) is 0 Å². The van der Waals surface area contributed by atoms with Gasteiger partial charge in [-0.3, -0.25) is 0 Å². The lowest BCUT2D eigenvalue weighted by Crippen LogP contribution is -2.42. The summed E-state index contributed by atoms with van der Waals surface area (Å²) in [6.07, 6.45) is 3.37. The Morgan fingerprint density at radius 3 is 2.85 bits per heavy atom. The van der Waals surface area contributed by atoms with E-state index < -0.39 is 10.0 Å². The third-order valence-electron chi connectivity index (χ3n) is 3.60. The van der Waals surface area contributed by atoms with Gasteiger partial charge in [0.2, 0.25) is 10.0 Å². The van der Waals surface area contributed by atoms with E-state index in [1.807, 2.05) is 6.07 Å². The summed E-state index contributed by atoms with van der Waals surface area (Å²) < 4.78 is 26.8. The van der Waals surface area contributed by atoms with Crippen LogP contribution in [0, 0.1) is 11.3 Å². The molecule has 1 aromatic rings. The molecule has 108 valence electrons. The zero-order valence-corrected chi connectivity index (χ0v) is 12.0. The Morgan fingerprint density at radius 1 is 1.35 bits per heavy atom. The first kappa shape index (κ1) is 15.0. The molecule has 1 heterocycles. The molecule has 1 fully saturated rings. The highest BCUT2D eigenvalue weighted by atomic mass is 32.2. The fourth-order valence-corrected chi connectivity index (χ4v) is 4.24. The molecular formula is C14H18N2O3S. The lowest BCUT2D eigenvalue weighted by atomic mass is 10.1. The second-order valence-electron chi connectivity index (χ2n) is 4.94. The molecule has 1 atom stereocenters. The van der Waals surface area contributed by atoms with Gasteiger partial charge in [-0.25, -0.2) is 8.42 Å². The number of nitrogens with zero attached hydrogens (tertiary/aromatic N) is 2. The van der Waals surface area contributed by atoms with E-state index in [2.05, 4.69) is 0 Å². The van der Waals surface area contributed by atoms with E-state index in [0.29, 0.717) is 18.5 Å². The minimum absolute atomic E-state index is 0.122. The van der Waals surface area contributed by atoms with Crippen molar-refractivity contribution in [3.8, 4) is 6.07 Å². The second kappa shape index (κ2) is 6.35. The summed E-state index contributed by atoms with van der Waals surface area (Å²) in [6.45, 7) is 0.251. The quantitative estimate of drug-likeness (QED) is 0.915. The lowest BCUT2D eigenvalue weighted by molar-refractivity contribution is 0.186. The maximum Gasteiger partial charge on any atom is 0.243 e. The molecule has 0 spiro atoms. The van der Waals surface area contributed by atoms with Crippen molar-refractivity contribution in [2.45, 2.75) is 36.6 Å². The van der Waals surface area contributed by atoms with E-state index in [-0.39, 0.29) is 17.5 Å². The maximum absolute atomic E-state index is 12.7. The Balaban J connectivity index is 2.39. The predicted molar refractivity (Wildman–Crippen MR) is 74.4 cm³/mol. The summed E-state index contributed by atoms with van der Waals surface area (Å²) in [5.74, 6) is 0. The van der Waals surface area contributed by atoms with Crippen LogP contribution in [0.1, 0.15) is 31.2 Å². The molecule has 1 saturated heterocycles. The molecule has 6 heteroatoms. The zero-order valence-electron chi connectivity index (χ0n) is 11.2. The van der Waals surface area contributed by atoms with Crippen molar-refractivity contribution in [2.75, 3.05) is 13.2 Å². The lowest BCUT2D eigenvalue weighted by Gasteiger charge is -2.27. The predicted octanol–water partition coefficient (Wildman–Crippen LogP) is 1.48. The van der Waals surface area contributed by atoms with E-state index in [9.17, 15) is 13.5 Å². The van der Waals surface area contributed by atoms with Crippen LogP contribution in [0.25, 0.3) is 0 Å². The third kappa shape index (κ3) is 3.01. The van der Waals surface area contributed by atoms with Gasteiger partial charge in [-0.1, -0.05) is 18.9 Å². The van der Waals surface area contributed by atoms with E-state index >= 15 is 0 Å². The molecule has 1 aliphatic rings. The average molecular weight is 294 g/mol. The van der Waals surface area contributed by atoms with Gasteiger partial charge in [0.05, 0.1) is 23.1 Å². The van der Waals surface area contributed by atoms with Crippen LogP contribution in [0.3, 0.4) is 0 Å². The van der Waals surface area contributed by atoms with Crippen LogP contribution in [-0.4, -0.2) is 37.0 Å². The fourth-order valence-electron chi connectivity index (χ4n) is 2.51. The zero-order chi connectivity index (χ0) is 14.6. The highest BCUT2D eigenvalue weighted by Crippen LogP contribution is 2.25. The van der Waals surface area contributed by atoms with Crippen LogP contribution >= 0.6 is 0 Å². The molecule has 2 rings (SSSR count). The van der Waals surface area contributed by atoms with Crippen molar-refractivity contribution in [1.29, 1.82) is 5.26 Å². The van der Waals surface area contributed by atoms with Gasteiger partial charge in [0.15, 0.2) is 0 Å². The number of hydrogen-bond acceptors (Lipinski definition) is 4. The van der Waals surface area contributed by atoms with Gasteiger partial charge in [0.25, 0.3) is 0 Å². The minimum atomic E-state index is -3.66. The molecular weight excluding hydrogens is 276 g/mol. The van der Waals surface area contributed by atoms with Crippen LogP contribution in [0.4, 0.5) is 0 Å². The molecule has 1 unspecified atom stereocenters. The molecule has 0 aromatic heterocycles. The molecule has 1 aliphatic heterocycles. The van der Waals surface area contributed by atoms with Crippen molar-refractivity contribution in [2.24, 2.45) is 0 Å². The van der Waals surface area contributed by atoms with E-state index in [4.69, 9.17) is 5.26 Å². The van der Waals surface area contributed by atoms with Crippen LogP contribution in [-0.2, 0) is 10.0 Å². The fraction of sp³-hybridized carbons (Fsp3) is 0.500. The van der Waals surface area contributed by atoms with E-state index in [1.54, 1.807) is 12.1 Å². The first-order chi connectivity index (χ1) is 9.59. The Hall–Kier alpha value is -1.42. The Kier molecular flexibility index (Phi) is 4.76. The van der Waals surface area contributed by atoms with Crippen molar-refractivity contribution >= 4 is 10.0 Å². The SMILES string of the molecule is N#Cc1cccc(S(=O)(=O)N2CCCCCC2CO)c1. The van der Waals surface area contributed by atoms with Gasteiger partial charge in [-0.05, 0) is 31.0 Å². The number of nitriles is 1. The van der Waals surface area contributed by atoms with Crippen LogP contribution in [0.15, 0.2) is 29.2 Å². The van der Waals surface area contributed by atoms with E-state index in [0.717, 1.165) is 19.3 Å². The first-order valence-electron chi connectivity index (χ1n) is 6.72. The van der Waals surface area contributed by atoms with Gasteiger partial charge in [0, 0.05) is 12.6 Å². The van der Waals surface area contributed by atoms with Crippen molar-refractivity contribution in [3.63, 3.8) is 0 Å². The molecule has 20 heavy (non-hydrogen) atoms. The van der Waals surface area contributed by atoms with Gasteiger partial charge >= 0.3 is 0 Å². The first-order valence-corrected chi connectivity index (χ1v) is 8.16. The third-order valence-corrected chi connectivity index (χ3v) is 5.55. The molecule has 0 radical (unpaired) electrons. The summed E-state index contributed by atoms with van der Waals surface area (Å²) in [4.78, 5) is 0.122. The average Bonchev–Trinajstić information content (AvgIpc) is 2.72. The van der Waals surface area contributed by atoms with Crippen molar-refractivity contribution in [3.05, 3.63) is 29.8 Å². The number of aliphatic hydroxyl groups excluding tert-OH is 1. The number of sulfonamides is 1. The smallest absolute Gasteiger partial charge is 0.243 e. The van der Waals surface area contributed by atoms with Gasteiger partial charge in [-0.2, -0.15) is 9.57 Å². The molecule has 0 bridgehead atoms. The van der Waals surface area contributed by atoms with Gasteiger partial charge < -0.3 is 5.11 Å². The normalized spacial score (nSPS) is 21.1. The Labute approximate surface area is 119 Å². The minimum Gasteiger partial charge on any atom is -0.395 e. The highest BCUT2D eigenvalue weighted by molar-refractivity contribution is 7.89. The summed E-state index contributed by atoms with van der Waals surface area (Å²) in [5, 5.41) is 18.3.